The zero-order chi connectivity index (χ0) is 21.6. The maximum atomic E-state index is 12.5. The Morgan fingerprint density at radius 1 is 1.00 bits per heavy atom. The van der Waals surface area contributed by atoms with Gasteiger partial charge < -0.3 is 20.7 Å². The number of hydrogen-bond acceptors (Lipinski definition) is 4. The predicted molar refractivity (Wildman–Crippen MR) is 121 cm³/mol. The van der Waals surface area contributed by atoms with Crippen molar-refractivity contribution in [3.05, 3.63) is 54.1 Å². The molecule has 2 aromatic carbocycles. The number of amides is 3. The lowest BCUT2D eigenvalue weighted by Crippen LogP contribution is -2.38. The largest absolute Gasteiger partial charge is 0.496 e. The maximum Gasteiger partial charge on any atom is 0.319 e. The standard InChI is InChI=1S/C24H30N4O3/c1-31-22-7-3-2-6-20(22)21(28-14-4-5-15-28)16-25-24(30)27-19-12-10-18(11-13-19)26-23(29)17-8-9-17/h2-3,6-7,10-13,17,21H,4-5,8-9,14-16H2,1H3,(H,26,29)(H2,25,27,30). The van der Waals surface area contributed by atoms with Crippen LogP contribution in [0.4, 0.5) is 16.2 Å². The maximum absolute atomic E-state index is 12.5. The second-order valence-corrected chi connectivity index (χ2v) is 8.18. The molecule has 1 atom stereocenters. The zero-order valence-electron chi connectivity index (χ0n) is 17.9. The average Bonchev–Trinajstić information content (AvgIpc) is 3.51. The van der Waals surface area contributed by atoms with Gasteiger partial charge in [0.15, 0.2) is 0 Å². The van der Waals surface area contributed by atoms with E-state index in [1.165, 1.54) is 12.8 Å². The van der Waals surface area contributed by atoms with Crippen LogP contribution in [0.15, 0.2) is 48.5 Å². The van der Waals surface area contributed by atoms with Crippen molar-refractivity contribution in [3.8, 4) is 5.75 Å². The summed E-state index contributed by atoms with van der Waals surface area (Å²) in [6, 6.07) is 15.0. The molecular formula is C24H30N4O3. The Morgan fingerprint density at radius 2 is 1.65 bits per heavy atom. The van der Waals surface area contributed by atoms with E-state index in [1.807, 2.05) is 18.2 Å². The summed E-state index contributed by atoms with van der Waals surface area (Å²) in [5.41, 5.74) is 2.51. The summed E-state index contributed by atoms with van der Waals surface area (Å²) in [5, 5.41) is 8.78. The van der Waals surface area contributed by atoms with E-state index in [0.29, 0.717) is 12.2 Å². The summed E-state index contributed by atoms with van der Waals surface area (Å²) < 4.78 is 5.56. The molecule has 1 aliphatic heterocycles. The second-order valence-electron chi connectivity index (χ2n) is 8.18. The molecular weight excluding hydrogens is 392 g/mol. The van der Waals surface area contributed by atoms with Crippen molar-refractivity contribution in [2.75, 3.05) is 37.4 Å². The van der Waals surface area contributed by atoms with Gasteiger partial charge in [-0.2, -0.15) is 0 Å². The van der Waals surface area contributed by atoms with E-state index >= 15 is 0 Å². The number of methoxy groups -OCH3 is 1. The lowest BCUT2D eigenvalue weighted by Gasteiger charge is -2.29. The first-order valence-electron chi connectivity index (χ1n) is 11.0. The highest BCUT2D eigenvalue weighted by molar-refractivity contribution is 5.94. The van der Waals surface area contributed by atoms with Crippen molar-refractivity contribution in [2.24, 2.45) is 5.92 Å². The minimum Gasteiger partial charge on any atom is -0.496 e. The SMILES string of the molecule is COc1ccccc1C(CNC(=O)Nc1ccc(NC(=O)C2CC2)cc1)N1CCCC1. The van der Waals surface area contributed by atoms with Gasteiger partial charge in [-0.15, -0.1) is 0 Å². The van der Waals surface area contributed by atoms with Crippen LogP contribution in [-0.4, -0.2) is 43.6 Å². The zero-order valence-corrected chi connectivity index (χ0v) is 17.9. The normalized spacial score (nSPS) is 17.1. The van der Waals surface area contributed by atoms with Crippen LogP contribution in [0.1, 0.15) is 37.3 Å². The number of anilines is 2. The fraction of sp³-hybridized carbons (Fsp3) is 0.417. The minimum atomic E-state index is -0.256. The molecule has 2 fully saturated rings. The van der Waals surface area contributed by atoms with Crippen LogP contribution in [0.5, 0.6) is 5.75 Å². The van der Waals surface area contributed by atoms with Crippen LogP contribution < -0.4 is 20.7 Å². The molecule has 1 saturated carbocycles. The summed E-state index contributed by atoms with van der Waals surface area (Å²) in [6.07, 6.45) is 4.28. The molecule has 0 bridgehead atoms. The van der Waals surface area contributed by atoms with Crippen LogP contribution in [-0.2, 0) is 4.79 Å². The van der Waals surface area contributed by atoms with Crippen molar-refractivity contribution >= 4 is 23.3 Å². The third-order valence-corrected chi connectivity index (χ3v) is 5.89. The van der Waals surface area contributed by atoms with Crippen LogP contribution in [0.25, 0.3) is 0 Å². The van der Waals surface area contributed by atoms with E-state index in [-0.39, 0.29) is 23.9 Å². The number of urea groups is 1. The monoisotopic (exact) mass is 422 g/mol. The Morgan fingerprint density at radius 3 is 2.29 bits per heavy atom. The number of carbonyl (C=O) groups excluding carboxylic acids is 2. The summed E-state index contributed by atoms with van der Waals surface area (Å²) in [4.78, 5) is 26.8. The molecule has 1 saturated heterocycles. The topological polar surface area (TPSA) is 82.7 Å². The predicted octanol–water partition coefficient (Wildman–Crippen LogP) is 4.00. The Hall–Kier alpha value is -3.06. The summed E-state index contributed by atoms with van der Waals surface area (Å²) >= 11 is 0. The third kappa shape index (κ3) is 5.55. The molecule has 0 radical (unpaired) electrons. The molecule has 0 spiro atoms. The molecule has 1 aliphatic carbocycles. The minimum absolute atomic E-state index is 0.0596. The number of carbonyl (C=O) groups is 2. The number of nitrogens with one attached hydrogen (secondary N) is 3. The smallest absolute Gasteiger partial charge is 0.319 e. The lowest BCUT2D eigenvalue weighted by molar-refractivity contribution is -0.117. The summed E-state index contributed by atoms with van der Waals surface area (Å²) in [7, 11) is 1.68. The van der Waals surface area contributed by atoms with E-state index in [1.54, 1.807) is 31.4 Å². The molecule has 4 rings (SSSR count). The first-order chi connectivity index (χ1) is 15.1. The molecule has 2 aliphatic rings. The number of likely N-dealkylation sites (tertiary alicyclic amines) is 1. The Labute approximate surface area is 183 Å². The van der Waals surface area contributed by atoms with Crippen molar-refractivity contribution in [1.82, 2.24) is 10.2 Å². The number of rotatable bonds is 8. The van der Waals surface area contributed by atoms with Gasteiger partial charge in [-0.25, -0.2) is 4.79 Å². The van der Waals surface area contributed by atoms with E-state index in [9.17, 15) is 9.59 Å². The van der Waals surface area contributed by atoms with Gasteiger partial charge in [0, 0.05) is 29.4 Å². The van der Waals surface area contributed by atoms with Crippen LogP contribution in [0.2, 0.25) is 0 Å². The molecule has 1 heterocycles. The first-order valence-corrected chi connectivity index (χ1v) is 11.0. The molecule has 164 valence electrons. The highest BCUT2D eigenvalue weighted by Gasteiger charge is 2.29. The molecule has 3 N–H and O–H groups in total. The van der Waals surface area contributed by atoms with Gasteiger partial charge >= 0.3 is 6.03 Å². The molecule has 7 heteroatoms. The Balaban J connectivity index is 1.34. The highest BCUT2D eigenvalue weighted by Crippen LogP contribution is 2.31. The van der Waals surface area contributed by atoms with E-state index in [4.69, 9.17) is 4.74 Å². The quantitative estimate of drug-likeness (QED) is 0.600. The van der Waals surface area contributed by atoms with Crippen molar-refractivity contribution < 1.29 is 14.3 Å². The van der Waals surface area contributed by atoms with E-state index < -0.39 is 0 Å². The average molecular weight is 423 g/mol. The summed E-state index contributed by atoms with van der Waals surface area (Å²) in [5.74, 6) is 1.07. The number of benzene rings is 2. The van der Waals surface area contributed by atoms with E-state index in [2.05, 4.69) is 26.9 Å². The fourth-order valence-corrected chi connectivity index (χ4v) is 4.02. The van der Waals surface area contributed by atoms with Crippen molar-refractivity contribution in [2.45, 2.75) is 31.7 Å². The van der Waals surface area contributed by atoms with Crippen LogP contribution >= 0.6 is 0 Å². The van der Waals surface area contributed by atoms with Gasteiger partial charge in [-0.1, -0.05) is 18.2 Å². The molecule has 2 aromatic rings. The summed E-state index contributed by atoms with van der Waals surface area (Å²) in [6.45, 7) is 2.52. The highest BCUT2D eigenvalue weighted by atomic mass is 16.5. The van der Waals surface area contributed by atoms with Gasteiger partial charge in [-0.3, -0.25) is 9.69 Å². The van der Waals surface area contributed by atoms with Gasteiger partial charge in [0.05, 0.1) is 13.2 Å². The lowest BCUT2D eigenvalue weighted by atomic mass is 10.0. The van der Waals surface area contributed by atoms with E-state index in [0.717, 1.165) is 42.9 Å². The molecule has 7 nitrogen and oxygen atoms in total. The van der Waals surface area contributed by atoms with Crippen LogP contribution in [0, 0.1) is 5.92 Å². The molecule has 31 heavy (non-hydrogen) atoms. The Kier molecular flexibility index (Phi) is 6.72. The van der Waals surface area contributed by atoms with Gasteiger partial charge in [0.2, 0.25) is 5.91 Å². The number of hydrogen-bond donors (Lipinski definition) is 3. The first kappa shape index (κ1) is 21.2. The number of nitrogens with zero attached hydrogens (tertiary/aromatic N) is 1. The van der Waals surface area contributed by atoms with Crippen molar-refractivity contribution in [3.63, 3.8) is 0 Å². The fourth-order valence-electron chi connectivity index (χ4n) is 4.02. The number of para-hydroxylation sites is 1. The molecule has 0 aromatic heterocycles. The number of ether oxygens (including phenoxy) is 1. The van der Waals surface area contributed by atoms with Gasteiger partial charge in [-0.05, 0) is 69.1 Å². The Bertz CT molecular complexity index is 905. The van der Waals surface area contributed by atoms with Gasteiger partial charge in [0.1, 0.15) is 5.75 Å². The van der Waals surface area contributed by atoms with Gasteiger partial charge in [0.25, 0.3) is 0 Å². The van der Waals surface area contributed by atoms with Crippen LogP contribution in [0.3, 0.4) is 0 Å². The molecule has 1 unspecified atom stereocenters. The van der Waals surface area contributed by atoms with Crippen molar-refractivity contribution in [1.29, 1.82) is 0 Å². The third-order valence-electron chi connectivity index (χ3n) is 5.89. The molecule has 3 amide bonds. The second kappa shape index (κ2) is 9.83.